The molecule has 0 bridgehead atoms. The van der Waals surface area contributed by atoms with Gasteiger partial charge in [-0.05, 0) is 51.1 Å². The van der Waals surface area contributed by atoms with Crippen molar-refractivity contribution in [2.24, 2.45) is 0 Å². The monoisotopic (exact) mass is 409 g/mol. The van der Waals surface area contributed by atoms with Crippen molar-refractivity contribution in [3.05, 3.63) is 29.4 Å². The van der Waals surface area contributed by atoms with Crippen molar-refractivity contribution in [2.75, 3.05) is 43.4 Å². The number of hydrogen-bond acceptors (Lipinski definition) is 8. The third kappa shape index (κ3) is 4.18. The van der Waals surface area contributed by atoms with Crippen molar-refractivity contribution < 1.29 is 0 Å². The van der Waals surface area contributed by atoms with Gasteiger partial charge < -0.3 is 15.1 Å². The fraction of sp³-hybridized carbons (Fsp3) is 0.524. The van der Waals surface area contributed by atoms with Gasteiger partial charge in [-0.2, -0.15) is 0 Å². The summed E-state index contributed by atoms with van der Waals surface area (Å²) in [6.45, 7) is 4.31. The van der Waals surface area contributed by atoms with Gasteiger partial charge in [-0.25, -0.2) is 4.98 Å². The van der Waals surface area contributed by atoms with Crippen LogP contribution in [0.2, 0.25) is 0 Å². The number of hydrogen-bond donors (Lipinski definition) is 1. The standard InChI is InChI=1S/C21H27N7S/c1-27-9-4-10-28(12-11-27)16-13-18-17(22-14-16)7-8-19(23-18)24-21-26-25-20(29-21)15-5-2-3-6-15/h7-8,13-15H,2-6,9-12H2,1H3,(H,23,24,26). The summed E-state index contributed by atoms with van der Waals surface area (Å²) < 4.78 is 0. The van der Waals surface area contributed by atoms with E-state index in [0.717, 1.165) is 58.9 Å². The van der Waals surface area contributed by atoms with E-state index in [9.17, 15) is 0 Å². The highest BCUT2D eigenvalue weighted by atomic mass is 32.1. The number of aromatic nitrogens is 4. The molecule has 1 N–H and O–H groups in total. The number of pyridine rings is 2. The number of nitrogens with one attached hydrogen (secondary N) is 1. The molecule has 3 aromatic heterocycles. The third-order valence-corrected chi connectivity index (χ3v) is 6.99. The molecule has 2 fully saturated rings. The molecular formula is C21H27N7S. The molecule has 7 nitrogen and oxygen atoms in total. The SMILES string of the molecule is CN1CCCN(c2cnc3ccc(Nc4nnc(C5CCCC5)s4)nc3c2)CC1. The van der Waals surface area contributed by atoms with Crippen LogP contribution in [0.25, 0.3) is 11.0 Å². The van der Waals surface area contributed by atoms with Crippen LogP contribution in [0.15, 0.2) is 24.4 Å². The first kappa shape index (κ1) is 18.7. The zero-order valence-electron chi connectivity index (χ0n) is 16.8. The molecule has 8 heteroatoms. The molecule has 0 atom stereocenters. The van der Waals surface area contributed by atoms with Gasteiger partial charge in [-0.3, -0.25) is 4.98 Å². The lowest BCUT2D eigenvalue weighted by Crippen LogP contribution is -2.28. The van der Waals surface area contributed by atoms with Gasteiger partial charge in [0.2, 0.25) is 5.13 Å². The lowest BCUT2D eigenvalue weighted by molar-refractivity contribution is 0.360. The molecule has 1 aliphatic heterocycles. The second-order valence-corrected chi connectivity index (χ2v) is 9.13. The highest BCUT2D eigenvalue weighted by Gasteiger charge is 2.21. The van der Waals surface area contributed by atoms with Gasteiger partial charge in [-0.1, -0.05) is 24.2 Å². The molecule has 0 spiro atoms. The maximum absolute atomic E-state index is 4.80. The van der Waals surface area contributed by atoms with E-state index in [1.807, 2.05) is 18.3 Å². The Kier molecular flexibility index (Phi) is 5.28. The Hall–Kier alpha value is -2.32. The molecule has 0 aromatic carbocycles. The highest BCUT2D eigenvalue weighted by Crippen LogP contribution is 2.37. The molecule has 0 radical (unpaired) electrons. The van der Waals surface area contributed by atoms with E-state index in [-0.39, 0.29) is 0 Å². The van der Waals surface area contributed by atoms with Gasteiger partial charge in [0.1, 0.15) is 10.8 Å². The number of anilines is 3. The molecule has 152 valence electrons. The fourth-order valence-corrected chi connectivity index (χ4v) is 5.19. The van der Waals surface area contributed by atoms with E-state index < -0.39 is 0 Å². The number of nitrogens with zero attached hydrogens (tertiary/aromatic N) is 6. The fourth-order valence-electron chi connectivity index (χ4n) is 4.28. The van der Waals surface area contributed by atoms with Gasteiger partial charge in [0.05, 0.1) is 22.9 Å². The Bertz CT molecular complexity index is 982. The Morgan fingerprint density at radius 2 is 1.90 bits per heavy atom. The van der Waals surface area contributed by atoms with E-state index in [4.69, 9.17) is 4.98 Å². The van der Waals surface area contributed by atoms with Crippen molar-refractivity contribution >= 4 is 39.0 Å². The molecule has 3 aromatic rings. The Balaban J connectivity index is 1.35. The maximum atomic E-state index is 4.80. The van der Waals surface area contributed by atoms with E-state index >= 15 is 0 Å². The van der Waals surface area contributed by atoms with Crippen molar-refractivity contribution in [3.63, 3.8) is 0 Å². The molecule has 4 heterocycles. The van der Waals surface area contributed by atoms with Crippen LogP contribution >= 0.6 is 11.3 Å². The number of likely N-dealkylation sites (N-methyl/N-ethyl adjacent to an activating group) is 1. The Labute approximate surface area is 175 Å². The summed E-state index contributed by atoms with van der Waals surface area (Å²) in [5.74, 6) is 1.38. The quantitative estimate of drug-likeness (QED) is 0.698. The first-order valence-electron chi connectivity index (χ1n) is 10.6. The topological polar surface area (TPSA) is 70.1 Å². The summed E-state index contributed by atoms with van der Waals surface area (Å²) in [6, 6.07) is 6.14. The number of rotatable bonds is 4. The van der Waals surface area contributed by atoms with Gasteiger partial charge in [0, 0.05) is 25.6 Å². The minimum absolute atomic E-state index is 0.590. The maximum Gasteiger partial charge on any atom is 0.211 e. The minimum Gasteiger partial charge on any atom is -0.369 e. The molecule has 1 aliphatic carbocycles. The average molecular weight is 410 g/mol. The van der Waals surface area contributed by atoms with Crippen molar-refractivity contribution in [1.29, 1.82) is 0 Å². The van der Waals surface area contributed by atoms with Crippen LogP contribution in [0.4, 0.5) is 16.6 Å². The van der Waals surface area contributed by atoms with Crippen LogP contribution in [0.5, 0.6) is 0 Å². The van der Waals surface area contributed by atoms with Crippen LogP contribution in [-0.2, 0) is 0 Å². The van der Waals surface area contributed by atoms with Crippen LogP contribution in [0, 0.1) is 0 Å². The van der Waals surface area contributed by atoms with E-state index in [0.29, 0.717) is 5.92 Å². The van der Waals surface area contributed by atoms with Crippen molar-refractivity contribution in [1.82, 2.24) is 25.1 Å². The first-order valence-corrected chi connectivity index (χ1v) is 11.4. The van der Waals surface area contributed by atoms with Crippen LogP contribution in [-0.4, -0.2) is 58.3 Å². The van der Waals surface area contributed by atoms with Gasteiger partial charge in [0.15, 0.2) is 0 Å². The van der Waals surface area contributed by atoms with Crippen LogP contribution in [0.3, 0.4) is 0 Å². The molecule has 0 unspecified atom stereocenters. The summed E-state index contributed by atoms with van der Waals surface area (Å²) in [7, 11) is 2.19. The summed E-state index contributed by atoms with van der Waals surface area (Å²) in [5, 5.41) is 14.0. The second kappa shape index (κ2) is 8.20. The van der Waals surface area contributed by atoms with Crippen molar-refractivity contribution in [2.45, 2.75) is 38.0 Å². The molecule has 5 rings (SSSR count). The summed E-state index contributed by atoms with van der Waals surface area (Å²) in [5.41, 5.74) is 2.97. The normalized spacial score (nSPS) is 19.0. The van der Waals surface area contributed by atoms with E-state index in [2.05, 4.69) is 43.4 Å². The summed E-state index contributed by atoms with van der Waals surface area (Å²) in [4.78, 5) is 14.2. The smallest absolute Gasteiger partial charge is 0.211 e. The second-order valence-electron chi connectivity index (χ2n) is 8.12. The third-order valence-electron chi connectivity index (χ3n) is 5.99. The minimum atomic E-state index is 0.590. The number of fused-ring (bicyclic) bond motifs is 1. The largest absolute Gasteiger partial charge is 0.369 e. The molecule has 2 aliphatic rings. The van der Waals surface area contributed by atoms with E-state index in [1.54, 1.807) is 11.3 Å². The molecule has 0 amide bonds. The molecule has 1 saturated heterocycles. The van der Waals surface area contributed by atoms with Crippen LogP contribution < -0.4 is 10.2 Å². The van der Waals surface area contributed by atoms with E-state index in [1.165, 1.54) is 32.1 Å². The Morgan fingerprint density at radius 3 is 2.79 bits per heavy atom. The summed E-state index contributed by atoms with van der Waals surface area (Å²) >= 11 is 1.66. The zero-order valence-corrected chi connectivity index (χ0v) is 17.7. The molecular weight excluding hydrogens is 382 g/mol. The predicted octanol–water partition coefficient (Wildman–Crippen LogP) is 4.02. The van der Waals surface area contributed by atoms with Crippen molar-refractivity contribution in [3.8, 4) is 0 Å². The van der Waals surface area contributed by atoms with Gasteiger partial charge in [0.25, 0.3) is 0 Å². The zero-order chi connectivity index (χ0) is 19.6. The molecule has 1 saturated carbocycles. The molecule has 29 heavy (non-hydrogen) atoms. The van der Waals surface area contributed by atoms with Crippen LogP contribution in [0.1, 0.15) is 43.0 Å². The lowest BCUT2D eigenvalue weighted by atomic mass is 10.1. The van der Waals surface area contributed by atoms with Gasteiger partial charge >= 0.3 is 0 Å². The summed E-state index contributed by atoms with van der Waals surface area (Å²) in [6.07, 6.45) is 8.24. The lowest BCUT2D eigenvalue weighted by Gasteiger charge is -2.22. The highest BCUT2D eigenvalue weighted by molar-refractivity contribution is 7.15. The average Bonchev–Trinajstić information content (AvgIpc) is 3.37. The Morgan fingerprint density at radius 1 is 1.00 bits per heavy atom. The first-order chi connectivity index (χ1) is 14.2. The van der Waals surface area contributed by atoms with Gasteiger partial charge in [-0.15, -0.1) is 10.2 Å². The predicted molar refractivity (Wildman–Crippen MR) is 118 cm³/mol.